The van der Waals surface area contributed by atoms with E-state index < -0.39 is 21.9 Å². The van der Waals surface area contributed by atoms with Crippen molar-refractivity contribution in [3.8, 4) is 5.75 Å². The maximum absolute atomic E-state index is 14.2. The third-order valence-corrected chi connectivity index (χ3v) is 6.49. The van der Waals surface area contributed by atoms with E-state index in [9.17, 15) is 22.4 Å². The van der Waals surface area contributed by atoms with Gasteiger partial charge >= 0.3 is 0 Å². The minimum Gasteiger partial charge on any atom is -0.494 e. The first-order valence-corrected chi connectivity index (χ1v) is 12.9. The summed E-state index contributed by atoms with van der Waals surface area (Å²) in [6.07, 6.45) is 1.30. The fourth-order valence-corrected chi connectivity index (χ4v) is 4.45. The third-order valence-electron chi connectivity index (χ3n) is 5.30. The lowest BCUT2D eigenvalue weighted by Gasteiger charge is -2.29. The fourth-order valence-electron chi connectivity index (χ4n) is 3.48. The smallest absolute Gasteiger partial charge is 0.242 e. The second kappa shape index (κ2) is 12.4. The van der Waals surface area contributed by atoms with Gasteiger partial charge in [-0.2, -0.15) is 0 Å². The van der Waals surface area contributed by atoms with E-state index in [1.165, 1.54) is 22.3 Å². The zero-order valence-electron chi connectivity index (χ0n) is 20.0. The lowest BCUT2D eigenvalue weighted by atomic mass is 10.1. The number of sulfonamides is 1. The summed E-state index contributed by atoms with van der Waals surface area (Å²) in [6.45, 7) is 3.92. The molecule has 1 N–H and O–H groups in total. The molecule has 0 saturated heterocycles. The third kappa shape index (κ3) is 7.44. The van der Waals surface area contributed by atoms with E-state index in [4.69, 9.17) is 4.74 Å². The van der Waals surface area contributed by atoms with Crippen molar-refractivity contribution in [3.63, 3.8) is 0 Å². The zero-order chi connectivity index (χ0) is 25.3. The van der Waals surface area contributed by atoms with Gasteiger partial charge in [-0.3, -0.25) is 13.9 Å². The molecule has 10 heteroatoms. The average molecular weight is 494 g/mol. The summed E-state index contributed by atoms with van der Waals surface area (Å²) in [5, 5.41) is 2.51. The number of likely N-dealkylation sites (N-methyl/N-ethyl adjacent to an activating group) is 1. The Morgan fingerprint density at radius 1 is 1.12 bits per heavy atom. The first kappa shape index (κ1) is 27.1. The van der Waals surface area contributed by atoms with Crippen LogP contribution in [-0.2, 0) is 26.2 Å². The van der Waals surface area contributed by atoms with Gasteiger partial charge in [0.05, 0.1) is 18.6 Å². The van der Waals surface area contributed by atoms with Crippen molar-refractivity contribution in [3.05, 3.63) is 59.9 Å². The van der Waals surface area contributed by atoms with Crippen molar-refractivity contribution in [1.29, 1.82) is 0 Å². The Kier molecular flexibility index (Phi) is 9.85. The van der Waals surface area contributed by atoms with Crippen LogP contribution in [0.5, 0.6) is 5.75 Å². The molecule has 0 aliphatic carbocycles. The SMILES string of the molecule is CCOc1ccc(N(CCCC(=O)N(Cc2ccccc2F)C(C)C(=O)NC)S(C)(=O)=O)cc1. The summed E-state index contributed by atoms with van der Waals surface area (Å²) in [5.41, 5.74) is 0.749. The predicted molar refractivity (Wildman–Crippen MR) is 130 cm³/mol. The minimum absolute atomic E-state index is 0.0150. The van der Waals surface area contributed by atoms with E-state index in [0.29, 0.717) is 23.6 Å². The lowest BCUT2D eigenvalue weighted by Crippen LogP contribution is -2.47. The second-order valence-electron chi connectivity index (χ2n) is 7.77. The van der Waals surface area contributed by atoms with Crippen molar-refractivity contribution in [2.24, 2.45) is 0 Å². The molecular formula is C24H32FN3O5S. The number of hydrogen-bond acceptors (Lipinski definition) is 5. The summed E-state index contributed by atoms with van der Waals surface area (Å²) >= 11 is 0. The van der Waals surface area contributed by atoms with Crippen LogP contribution in [0.25, 0.3) is 0 Å². The summed E-state index contributed by atoms with van der Waals surface area (Å²) in [6, 6.07) is 11.9. The maximum Gasteiger partial charge on any atom is 0.242 e. The molecule has 0 aliphatic heterocycles. The Balaban J connectivity index is 2.14. The highest BCUT2D eigenvalue weighted by atomic mass is 32.2. The van der Waals surface area contributed by atoms with Gasteiger partial charge in [-0.25, -0.2) is 12.8 Å². The van der Waals surface area contributed by atoms with Gasteiger partial charge in [-0.1, -0.05) is 18.2 Å². The monoisotopic (exact) mass is 493 g/mol. The van der Waals surface area contributed by atoms with Crippen LogP contribution in [0.4, 0.5) is 10.1 Å². The maximum atomic E-state index is 14.2. The van der Waals surface area contributed by atoms with E-state index >= 15 is 0 Å². The number of benzene rings is 2. The van der Waals surface area contributed by atoms with Crippen LogP contribution < -0.4 is 14.4 Å². The molecule has 0 spiro atoms. The molecule has 0 radical (unpaired) electrons. The van der Waals surface area contributed by atoms with Crippen LogP contribution in [0, 0.1) is 5.82 Å². The summed E-state index contributed by atoms with van der Waals surface area (Å²) in [4.78, 5) is 26.6. The van der Waals surface area contributed by atoms with Crippen LogP contribution in [0.15, 0.2) is 48.5 Å². The molecule has 2 rings (SSSR count). The quantitative estimate of drug-likeness (QED) is 0.491. The molecule has 1 unspecified atom stereocenters. The molecule has 0 bridgehead atoms. The highest BCUT2D eigenvalue weighted by molar-refractivity contribution is 7.92. The molecule has 2 aromatic carbocycles. The average Bonchev–Trinajstić information content (AvgIpc) is 2.80. The van der Waals surface area contributed by atoms with Gasteiger partial charge in [0.2, 0.25) is 21.8 Å². The largest absolute Gasteiger partial charge is 0.494 e. The Labute approximate surface area is 200 Å². The number of ether oxygens (including phenoxy) is 1. The first-order valence-electron chi connectivity index (χ1n) is 11.0. The van der Waals surface area contributed by atoms with E-state index in [2.05, 4.69) is 5.32 Å². The fraction of sp³-hybridized carbons (Fsp3) is 0.417. The number of anilines is 1. The molecule has 186 valence electrons. The number of nitrogens with zero attached hydrogens (tertiary/aromatic N) is 2. The van der Waals surface area contributed by atoms with Crippen molar-refractivity contribution >= 4 is 27.5 Å². The molecule has 0 aromatic heterocycles. The molecule has 0 heterocycles. The normalized spacial score (nSPS) is 12.0. The van der Waals surface area contributed by atoms with Gasteiger partial charge in [0.25, 0.3) is 0 Å². The Morgan fingerprint density at radius 3 is 2.32 bits per heavy atom. The molecule has 0 aliphatic rings. The van der Waals surface area contributed by atoms with Crippen LogP contribution in [0.1, 0.15) is 32.3 Å². The number of rotatable bonds is 12. The number of halogens is 1. The van der Waals surface area contributed by atoms with E-state index in [0.717, 1.165) is 6.26 Å². The van der Waals surface area contributed by atoms with Crippen LogP contribution >= 0.6 is 0 Å². The van der Waals surface area contributed by atoms with Gasteiger partial charge in [0, 0.05) is 32.1 Å². The molecule has 0 fully saturated rings. The highest BCUT2D eigenvalue weighted by Gasteiger charge is 2.26. The Hall–Kier alpha value is -3.14. The molecule has 2 aromatic rings. The summed E-state index contributed by atoms with van der Waals surface area (Å²) < 4.78 is 45.6. The molecule has 1 atom stereocenters. The van der Waals surface area contributed by atoms with Crippen molar-refractivity contribution in [2.45, 2.75) is 39.3 Å². The number of carbonyl (C=O) groups is 2. The van der Waals surface area contributed by atoms with Crippen LogP contribution in [0.3, 0.4) is 0 Å². The Morgan fingerprint density at radius 2 is 1.76 bits per heavy atom. The van der Waals surface area contributed by atoms with Crippen molar-refractivity contribution < 1.29 is 27.1 Å². The number of hydrogen-bond donors (Lipinski definition) is 1. The van der Waals surface area contributed by atoms with Gasteiger partial charge in [0.15, 0.2) is 0 Å². The molecule has 0 saturated carbocycles. The van der Waals surface area contributed by atoms with Gasteiger partial charge in [0.1, 0.15) is 17.6 Å². The second-order valence-corrected chi connectivity index (χ2v) is 9.68. The van der Waals surface area contributed by atoms with Gasteiger partial charge in [-0.15, -0.1) is 0 Å². The minimum atomic E-state index is -3.60. The highest BCUT2D eigenvalue weighted by Crippen LogP contribution is 2.22. The van der Waals surface area contributed by atoms with Gasteiger partial charge in [-0.05, 0) is 50.6 Å². The molecule has 34 heavy (non-hydrogen) atoms. The van der Waals surface area contributed by atoms with E-state index in [1.54, 1.807) is 49.4 Å². The number of carbonyl (C=O) groups excluding carboxylic acids is 2. The summed E-state index contributed by atoms with van der Waals surface area (Å²) in [5.74, 6) is -0.596. The van der Waals surface area contributed by atoms with Crippen molar-refractivity contribution in [1.82, 2.24) is 10.2 Å². The van der Waals surface area contributed by atoms with E-state index in [-0.39, 0.29) is 37.7 Å². The van der Waals surface area contributed by atoms with E-state index in [1.807, 2.05) is 6.92 Å². The first-order chi connectivity index (χ1) is 16.1. The topological polar surface area (TPSA) is 96.0 Å². The zero-order valence-corrected chi connectivity index (χ0v) is 20.8. The van der Waals surface area contributed by atoms with Gasteiger partial charge < -0.3 is 15.0 Å². The number of amides is 2. The van der Waals surface area contributed by atoms with Crippen LogP contribution in [-0.4, -0.2) is 57.6 Å². The molecule has 2 amide bonds. The van der Waals surface area contributed by atoms with Crippen LogP contribution in [0.2, 0.25) is 0 Å². The van der Waals surface area contributed by atoms with Crippen molar-refractivity contribution in [2.75, 3.05) is 30.8 Å². The molecular weight excluding hydrogens is 461 g/mol. The standard InChI is InChI=1S/C24H32FN3O5S/c1-5-33-21-14-12-20(13-15-21)28(34(4,31)32)16-8-11-23(29)27(18(2)24(30)26-3)17-19-9-6-7-10-22(19)25/h6-7,9-10,12-15,18H,5,8,11,16-17H2,1-4H3,(H,26,30). The predicted octanol–water partition coefficient (Wildman–Crippen LogP) is 2.93. The number of nitrogens with one attached hydrogen (secondary N) is 1. The summed E-state index contributed by atoms with van der Waals surface area (Å²) in [7, 11) is -2.13. The Bertz CT molecular complexity index is 1080. The lowest BCUT2D eigenvalue weighted by molar-refractivity contribution is -0.140. The molecule has 8 nitrogen and oxygen atoms in total.